The molecule has 0 N–H and O–H groups in total. The lowest BCUT2D eigenvalue weighted by molar-refractivity contribution is -0.130. The van der Waals surface area contributed by atoms with E-state index < -0.39 is 0 Å². The van der Waals surface area contributed by atoms with Gasteiger partial charge in [0, 0.05) is 38.1 Å². The molecule has 2 aromatic heterocycles. The minimum Gasteiger partial charge on any atom is -0.341 e. The molecule has 4 rings (SSSR count). The highest BCUT2D eigenvalue weighted by atomic mass is 32.1. The normalized spacial score (nSPS) is 15.1. The zero-order valence-corrected chi connectivity index (χ0v) is 17.7. The van der Waals surface area contributed by atoms with Crippen molar-refractivity contribution in [3.63, 3.8) is 0 Å². The molecule has 0 radical (unpaired) electrons. The number of carbonyl (C=O) groups excluding carboxylic acids is 1. The predicted molar refractivity (Wildman–Crippen MR) is 117 cm³/mol. The van der Waals surface area contributed by atoms with E-state index in [0.717, 1.165) is 54.7 Å². The van der Waals surface area contributed by atoms with E-state index >= 15 is 0 Å². The first-order valence-electron chi connectivity index (χ1n) is 9.69. The van der Waals surface area contributed by atoms with Gasteiger partial charge in [0.25, 0.3) is 0 Å². The molecule has 1 saturated heterocycles. The third kappa shape index (κ3) is 5.10. The van der Waals surface area contributed by atoms with Crippen molar-refractivity contribution in [2.24, 2.45) is 0 Å². The minimum absolute atomic E-state index is 0.160. The highest BCUT2D eigenvalue weighted by Gasteiger charge is 2.20. The number of rotatable bonds is 5. The van der Waals surface area contributed by atoms with Gasteiger partial charge in [0.2, 0.25) is 5.91 Å². The summed E-state index contributed by atoms with van der Waals surface area (Å²) in [7, 11) is 0. The zero-order valence-electron chi connectivity index (χ0n) is 16.1. The predicted octanol–water partition coefficient (Wildman–Crippen LogP) is 4.02. The van der Waals surface area contributed by atoms with E-state index in [4.69, 9.17) is 5.26 Å². The summed E-state index contributed by atoms with van der Waals surface area (Å²) in [6, 6.07) is 14.0. The van der Waals surface area contributed by atoms with Gasteiger partial charge in [-0.05, 0) is 35.6 Å². The molecule has 0 spiro atoms. The van der Waals surface area contributed by atoms with Crippen LogP contribution in [0.1, 0.15) is 23.2 Å². The van der Waals surface area contributed by atoms with Gasteiger partial charge in [-0.3, -0.25) is 9.69 Å². The first-order valence-corrected chi connectivity index (χ1v) is 11.4. The van der Waals surface area contributed by atoms with Gasteiger partial charge in [-0.1, -0.05) is 18.2 Å². The van der Waals surface area contributed by atoms with Gasteiger partial charge < -0.3 is 4.90 Å². The Labute approximate surface area is 178 Å². The van der Waals surface area contributed by atoms with Crippen molar-refractivity contribution in [1.82, 2.24) is 14.8 Å². The summed E-state index contributed by atoms with van der Waals surface area (Å²) in [5.74, 6) is 0.160. The minimum atomic E-state index is 0.160. The molecule has 0 saturated carbocycles. The van der Waals surface area contributed by atoms with E-state index in [-0.39, 0.29) is 5.91 Å². The molecule has 1 amide bonds. The van der Waals surface area contributed by atoms with Crippen molar-refractivity contribution in [3.05, 3.63) is 64.0 Å². The molecule has 3 heterocycles. The van der Waals surface area contributed by atoms with Gasteiger partial charge in [0.1, 0.15) is 5.01 Å². The molecule has 5 nitrogen and oxygen atoms in total. The fraction of sp³-hybridized carbons (Fsp3) is 0.318. The number of nitrogens with zero attached hydrogens (tertiary/aromatic N) is 4. The Morgan fingerprint density at radius 1 is 1.10 bits per heavy atom. The Bertz CT molecular complexity index is 989. The van der Waals surface area contributed by atoms with Gasteiger partial charge >= 0.3 is 0 Å². The van der Waals surface area contributed by atoms with Crippen molar-refractivity contribution >= 4 is 28.6 Å². The van der Waals surface area contributed by atoms with E-state index in [9.17, 15) is 4.79 Å². The number of amides is 1. The molecule has 1 aromatic carbocycles. The molecule has 0 unspecified atom stereocenters. The molecule has 0 atom stereocenters. The molecular weight excluding hydrogens is 400 g/mol. The number of carbonyl (C=O) groups is 1. The summed E-state index contributed by atoms with van der Waals surface area (Å²) in [6.45, 7) is 4.23. The molecule has 7 heteroatoms. The summed E-state index contributed by atoms with van der Waals surface area (Å²) in [5, 5.41) is 14.0. The van der Waals surface area contributed by atoms with Crippen LogP contribution in [0.5, 0.6) is 0 Å². The highest BCUT2D eigenvalue weighted by Crippen LogP contribution is 2.28. The molecule has 148 valence electrons. The molecule has 29 heavy (non-hydrogen) atoms. The van der Waals surface area contributed by atoms with Crippen molar-refractivity contribution in [3.8, 4) is 16.0 Å². The van der Waals surface area contributed by atoms with Crippen LogP contribution < -0.4 is 0 Å². The summed E-state index contributed by atoms with van der Waals surface area (Å²) in [4.78, 5) is 23.0. The third-order valence-electron chi connectivity index (χ3n) is 5.05. The van der Waals surface area contributed by atoms with Crippen LogP contribution in [0.2, 0.25) is 0 Å². The van der Waals surface area contributed by atoms with Gasteiger partial charge in [0.05, 0.1) is 28.6 Å². The average molecular weight is 423 g/mol. The van der Waals surface area contributed by atoms with E-state index in [1.54, 1.807) is 22.7 Å². The second-order valence-electron chi connectivity index (χ2n) is 7.12. The van der Waals surface area contributed by atoms with Crippen LogP contribution in [0, 0.1) is 11.3 Å². The maximum atomic E-state index is 12.8. The van der Waals surface area contributed by atoms with E-state index in [0.29, 0.717) is 12.0 Å². The number of thiophene rings is 1. The Balaban J connectivity index is 1.31. The number of nitriles is 1. The van der Waals surface area contributed by atoms with Crippen LogP contribution in [0.25, 0.3) is 9.88 Å². The second kappa shape index (κ2) is 9.31. The number of hydrogen-bond donors (Lipinski definition) is 0. The smallest absolute Gasteiger partial charge is 0.228 e. The maximum Gasteiger partial charge on any atom is 0.228 e. The van der Waals surface area contributed by atoms with Crippen molar-refractivity contribution in [2.75, 3.05) is 26.2 Å². The zero-order chi connectivity index (χ0) is 20.1. The Morgan fingerprint density at radius 3 is 2.72 bits per heavy atom. The van der Waals surface area contributed by atoms with E-state index in [2.05, 4.69) is 22.0 Å². The standard InChI is InChI=1S/C22H22N4OS2/c23-14-17-4-6-18(7-5-17)15-25-8-2-9-26(11-10-25)21(27)13-19-16-29-22(24-19)20-3-1-12-28-20/h1,3-7,12,16H,2,8-11,13,15H2. The quantitative estimate of drug-likeness (QED) is 0.623. The fourth-order valence-electron chi connectivity index (χ4n) is 3.49. The molecule has 0 bridgehead atoms. The third-order valence-corrected chi connectivity index (χ3v) is 6.98. The summed E-state index contributed by atoms with van der Waals surface area (Å²) >= 11 is 3.28. The van der Waals surface area contributed by atoms with Crippen molar-refractivity contribution in [2.45, 2.75) is 19.4 Å². The van der Waals surface area contributed by atoms with Crippen LogP contribution in [0.4, 0.5) is 0 Å². The summed E-state index contributed by atoms with van der Waals surface area (Å²) < 4.78 is 0. The number of thiazole rings is 1. The van der Waals surface area contributed by atoms with Gasteiger partial charge in [-0.15, -0.1) is 22.7 Å². The Hall–Kier alpha value is -2.53. The van der Waals surface area contributed by atoms with Crippen LogP contribution in [-0.2, 0) is 17.8 Å². The van der Waals surface area contributed by atoms with E-state index in [1.165, 1.54) is 5.56 Å². The lowest BCUT2D eigenvalue weighted by atomic mass is 10.1. The molecular formula is C22H22N4OS2. The summed E-state index contributed by atoms with van der Waals surface area (Å²) in [5.41, 5.74) is 2.75. The number of aromatic nitrogens is 1. The molecule has 0 aliphatic carbocycles. The second-order valence-corrected chi connectivity index (χ2v) is 8.92. The first kappa shape index (κ1) is 19.8. The van der Waals surface area contributed by atoms with E-state index in [1.807, 2.05) is 46.0 Å². The van der Waals surface area contributed by atoms with Crippen LogP contribution in [-0.4, -0.2) is 46.9 Å². The molecule has 1 aliphatic rings. The molecule has 1 fully saturated rings. The Kier molecular flexibility index (Phi) is 6.35. The lowest BCUT2D eigenvalue weighted by Gasteiger charge is -2.22. The van der Waals surface area contributed by atoms with Crippen LogP contribution >= 0.6 is 22.7 Å². The van der Waals surface area contributed by atoms with Gasteiger partial charge in [0.15, 0.2) is 0 Å². The van der Waals surface area contributed by atoms with Crippen LogP contribution in [0.15, 0.2) is 47.2 Å². The van der Waals surface area contributed by atoms with Crippen molar-refractivity contribution < 1.29 is 4.79 Å². The molecule has 1 aliphatic heterocycles. The molecule has 3 aromatic rings. The number of benzene rings is 1. The first-order chi connectivity index (χ1) is 14.2. The fourth-order valence-corrected chi connectivity index (χ4v) is 5.12. The summed E-state index contributed by atoms with van der Waals surface area (Å²) in [6.07, 6.45) is 1.34. The maximum absolute atomic E-state index is 12.8. The van der Waals surface area contributed by atoms with Gasteiger partial charge in [-0.25, -0.2) is 4.98 Å². The topological polar surface area (TPSA) is 60.2 Å². The lowest BCUT2D eigenvalue weighted by Crippen LogP contribution is -2.36. The number of hydrogen-bond acceptors (Lipinski definition) is 6. The van der Waals surface area contributed by atoms with Crippen LogP contribution in [0.3, 0.4) is 0 Å². The largest absolute Gasteiger partial charge is 0.341 e. The van der Waals surface area contributed by atoms with Gasteiger partial charge in [-0.2, -0.15) is 5.26 Å². The average Bonchev–Trinajstić information content (AvgIpc) is 3.37. The van der Waals surface area contributed by atoms with Crippen molar-refractivity contribution in [1.29, 1.82) is 5.26 Å². The highest BCUT2D eigenvalue weighted by molar-refractivity contribution is 7.20. The SMILES string of the molecule is N#Cc1ccc(CN2CCCN(C(=O)Cc3csc(-c4cccs4)n3)CC2)cc1. The Morgan fingerprint density at radius 2 is 1.97 bits per heavy atom. The monoisotopic (exact) mass is 422 g/mol.